The predicted molar refractivity (Wildman–Crippen MR) is 132 cm³/mol. The zero-order chi connectivity index (χ0) is 23.4. The molecule has 3 aliphatic heterocycles. The maximum atomic E-state index is 13.0. The van der Waals surface area contributed by atoms with E-state index in [1.54, 1.807) is 24.3 Å². The van der Waals surface area contributed by atoms with Gasteiger partial charge < -0.3 is 14.4 Å². The smallest absolute Gasteiger partial charge is 0.250 e. The van der Waals surface area contributed by atoms with Crippen LogP contribution in [-0.2, 0) is 13.1 Å². The van der Waals surface area contributed by atoms with Crippen LogP contribution in [0.25, 0.3) is 6.08 Å². The third-order valence-electron chi connectivity index (χ3n) is 7.00. The number of piperidine rings is 1. The number of ether oxygens (including phenoxy) is 1. The van der Waals surface area contributed by atoms with E-state index < -0.39 is 0 Å². The molecule has 0 aliphatic carbocycles. The summed E-state index contributed by atoms with van der Waals surface area (Å²) in [6.45, 7) is 2.82. The second-order valence-electron chi connectivity index (χ2n) is 9.33. The zero-order valence-electron chi connectivity index (χ0n) is 18.4. The number of hydrogen-bond acceptors (Lipinski definition) is 5. The van der Waals surface area contributed by atoms with E-state index in [1.165, 1.54) is 0 Å². The monoisotopic (exact) mass is 518 g/mol. The molecule has 0 amide bonds. The summed E-state index contributed by atoms with van der Waals surface area (Å²) in [4.78, 5) is 27.7. The molecule has 4 heterocycles. The molecular formula is C27H23BrN2O4. The number of aromatic nitrogens is 1. The molecule has 2 bridgehead atoms. The van der Waals surface area contributed by atoms with Crippen molar-refractivity contribution in [3.8, 4) is 11.5 Å². The first kappa shape index (κ1) is 21.4. The Bertz CT molecular complexity index is 1410. The highest BCUT2D eigenvalue weighted by atomic mass is 79.9. The molecule has 3 aliphatic rings. The largest absolute Gasteiger partial charge is 0.507 e. The molecule has 7 heteroatoms. The minimum Gasteiger partial charge on any atom is -0.507 e. The molecule has 6 rings (SSSR count). The average molecular weight is 519 g/mol. The lowest BCUT2D eigenvalue weighted by Crippen LogP contribution is -2.46. The average Bonchev–Trinajstić information content (AvgIpc) is 3.12. The van der Waals surface area contributed by atoms with Gasteiger partial charge in [-0.1, -0.05) is 34.1 Å². The first-order chi connectivity index (χ1) is 16.5. The van der Waals surface area contributed by atoms with Gasteiger partial charge in [-0.15, -0.1) is 0 Å². The molecule has 1 N–H and O–H groups in total. The minimum atomic E-state index is -0.181. The fraction of sp³-hybridized carbons (Fsp3) is 0.259. The molecule has 1 saturated heterocycles. The van der Waals surface area contributed by atoms with E-state index in [1.807, 2.05) is 41.0 Å². The number of nitrogens with zero attached hydrogens (tertiary/aromatic N) is 2. The van der Waals surface area contributed by atoms with Gasteiger partial charge in [0.2, 0.25) is 5.78 Å². The third-order valence-corrected chi connectivity index (χ3v) is 7.49. The van der Waals surface area contributed by atoms with Crippen molar-refractivity contribution in [2.24, 2.45) is 5.92 Å². The molecule has 0 saturated carbocycles. The van der Waals surface area contributed by atoms with Crippen molar-refractivity contribution < 1.29 is 14.6 Å². The summed E-state index contributed by atoms with van der Waals surface area (Å²) in [5.74, 6) is 1.29. The quantitative estimate of drug-likeness (QED) is 0.515. The normalized spacial score (nSPS) is 22.4. The SMILES string of the molecule is O=C1/C(=C/c2cccc(Br)c2)Oc2c1ccc(O)c2CN1C[C@H]2C[C@@H](C1)c1cccc(=O)n1C2. The second-order valence-corrected chi connectivity index (χ2v) is 10.2. The molecular weight excluding hydrogens is 496 g/mol. The van der Waals surface area contributed by atoms with Gasteiger partial charge in [0.05, 0.1) is 11.1 Å². The summed E-state index contributed by atoms with van der Waals surface area (Å²) in [5.41, 5.74) is 3.11. The second kappa shape index (κ2) is 8.25. The number of ketones is 1. The first-order valence-corrected chi connectivity index (χ1v) is 12.2. The van der Waals surface area contributed by atoms with Gasteiger partial charge in [-0.25, -0.2) is 0 Å². The number of benzene rings is 2. The van der Waals surface area contributed by atoms with Gasteiger partial charge in [0.1, 0.15) is 11.5 Å². The van der Waals surface area contributed by atoms with E-state index >= 15 is 0 Å². The summed E-state index contributed by atoms with van der Waals surface area (Å²) in [7, 11) is 0. The molecule has 0 spiro atoms. The van der Waals surface area contributed by atoms with Crippen molar-refractivity contribution in [2.45, 2.75) is 25.4 Å². The molecule has 34 heavy (non-hydrogen) atoms. The van der Waals surface area contributed by atoms with Crippen LogP contribution in [0.15, 0.2) is 69.6 Å². The highest BCUT2D eigenvalue weighted by Crippen LogP contribution is 2.42. The number of phenolic OH excluding ortho intramolecular Hbond substituents is 1. The van der Waals surface area contributed by atoms with Crippen LogP contribution in [-0.4, -0.2) is 33.4 Å². The number of carbonyl (C=O) groups excluding carboxylic acids is 1. The molecule has 0 unspecified atom stereocenters. The number of halogens is 1. The fourth-order valence-corrected chi connectivity index (χ4v) is 5.96. The molecule has 0 radical (unpaired) electrons. The molecule has 1 aromatic heterocycles. The Balaban J connectivity index is 1.29. The molecule has 3 aromatic rings. The highest BCUT2D eigenvalue weighted by Gasteiger charge is 2.36. The number of pyridine rings is 1. The van der Waals surface area contributed by atoms with Gasteiger partial charge >= 0.3 is 0 Å². The van der Waals surface area contributed by atoms with Crippen LogP contribution < -0.4 is 10.3 Å². The van der Waals surface area contributed by atoms with E-state index in [0.717, 1.165) is 41.8 Å². The number of allylic oxidation sites excluding steroid dienone is 1. The lowest BCUT2D eigenvalue weighted by atomic mass is 9.83. The lowest BCUT2D eigenvalue weighted by molar-refractivity contribution is 0.101. The van der Waals surface area contributed by atoms with Crippen molar-refractivity contribution in [3.05, 3.63) is 97.6 Å². The summed E-state index contributed by atoms with van der Waals surface area (Å²) < 4.78 is 8.88. The number of carbonyl (C=O) groups is 1. The van der Waals surface area contributed by atoms with Crippen LogP contribution >= 0.6 is 15.9 Å². The summed E-state index contributed by atoms with van der Waals surface area (Å²) in [6.07, 6.45) is 2.79. The number of phenols is 1. The molecule has 172 valence electrons. The van der Waals surface area contributed by atoms with E-state index in [4.69, 9.17) is 4.74 Å². The zero-order valence-corrected chi connectivity index (χ0v) is 20.0. The number of hydrogen-bond donors (Lipinski definition) is 1. The van der Waals surface area contributed by atoms with Crippen LogP contribution in [0.4, 0.5) is 0 Å². The highest BCUT2D eigenvalue weighted by molar-refractivity contribution is 9.10. The molecule has 2 atom stereocenters. The Morgan fingerprint density at radius 1 is 1.06 bits per heavy atom. The van der Waals surface area contributed by atoms with Crippen molar-refractivity contribution >= 4 is 27.8 Å². The van der Waals surface area contributed by atoms with E-state index in [9.17, 15) is 14.7 Å². The van der Waals surface area contributed by atoms with Gasteiger partial charge in [-0.05, 0) is 54.3 Å². The van der Waals surface area contributed by atoms with Crippen LogP contribution in [0.2, 0.25) is 0 Å². The Hall–Kier alpha value is -3.16. The van der Waals surface area contributed by atoms with Crippen molar-refractivity contribution in [1.29, 1.82) is 0 Å². The number of likely N-dealkylation sites (tertiary alicyclic amines) is 1. The van der Waals surface area contributed by atoms with Gasteiger partial charge in [-0.2, -0.15) is 0 Å². The van der Waals surface area contributed by atoms with Gasteiger partial charge in [0.25, 0.3) is 5.56 Å². The minimum absolute atomic E-state index is 0.0656. The standard InChI is InChI=1S/C27H23BrN2O4/c28-19-4-1-3-16(10-19)11-24-26(33)20-7-8-23(31)21(27(20)34-24)15-29-12-17-9-18(14-29)22-5-2-6-25(32)30(22)13-17/h1-8,10-11,17-18,31H,9,12-15H2/b24-11-/t17-,18+/m1/s1. The Morgan fingerprint density at radius 3 is 2.76 bits per heavy atom. The topological polar surface area (TPSA) is 71.8 Å². The first-order valence-electron chi connectivity index (χ1n) is 11.4. The third kappa shape index (κ3) is 3.69. The maximum Gasteiger partial charge on any atom is 0.250 e. The number of aromatic hydroxyl groups is 1. The maximum absolute atomic E-state index is 13.0. The number of Topliss-reactive ketones (excluding diaryl/α,β-unsaturated/α-hetero) is 1. The fourth-order valence-electron chi connectivity index (χ4n) is 5.55. The molecule has 2 aromatic carbocycles. The summed E-state index contributed by atoms with van der Waals surface area (Å²) in [6, 6.07) is 16.4. The lowest BCUT2D eigenvalue weighted by Gasteiger charge is -2.42. The van der Waals surface area contributed by atoms with Crippen molar-refractivity contribution in [2.75, 3.05) is 13.1 Å². The van der Waals surface area contributed by atoms with Crippen LogP contribution in [0.1, 0.15) is 39.5 Å². The molecule has 1 fully saturated rings. The van der Waals surface area contributed by atoms with Crippen LogP contribution in [0, 0.1) is 5.92 Å². The van der Waals surface area contributed by atoms with E-state index in [0.29, 0.717) is 29.3 Å². The van der Waals surface area contributed by atoms with Gasteiger partial charge in [-0.3, -0.25) is 14.5 Å². The summed E-state index contributed by atoms with van der Waals surface area (Å²) >= 11 is 3.45. The Kier molecular flexibility index (Phi) is 5.19. The Morgan fingerprint density at radius 2 is 1.91 bits per heavy atom. The number of fused-ring (bicyclic) bond motifs is 5. The van der Waals surface area contributed by atoms with E-state index in [-0.39, 0.29) is 28.8 Å². The van der Waals surface area contributed by atoms with Gasteiger partial charge in [0.15, 0.2) is 5.76 Å². The van der Waals surface area contributed by atoms with E-state index in [2.05, 4.69) is 20.8 Å². The van der Waals surface area contributed by atoms with Crippen LogP contribution in [0.3, 0.4) is 0 Å². The Labute approximate surface area is 205 Å². The van der Waals surface area contributed by atoms with Crippen molar-refractivity contribution in [1.82, 2.24) is 9.47 Å². The number of rotatable bonds is 3. The predicted octanol–water partition coefficient (Wildman–Crippen LogP) is 4.55. The van der Waals surface area contributed by atoms with Crippen molar-refractivity contribution in [3.63, 3.8) is 0 Å². The summed E-state index contributed by atoms with van der Waals surface area (Å²) in [5, 5.41) is 10.7. The van der Waals surface area contributed by atoms with Gasteiger partial charge in [0, 0.05) is 48.3 Å². The molecule has 6 nitrogen and oxygen atoms in total. The van der Waals surface area contributed by atoms with Crippen LogP contribution in [0.5, 0.6) is 11.5 Å².